The zero-order valence-corrected chi connectivity index (χ0v) is 9.46. The van der Waals surface area contributed by atoms with Gasteiger partial charge >= 0.3 is 0 Å². The Morgan fingerprint density at radius 1 is 1.36 bits per heavy atom. The summed E-state index contributed by atoms with van der Waals surface area (Å²) in [6.45, 7) is 7.49. The molecule has 0 amide bonds. The second-order valence-electron chi connectivity index (χ2n) is 4.01. The van der Waals surface area contributed by atoms with Crippen molar-refractivity contribution in [1.29, 1.82) is 5.26 Å². The molecule has 82 valence electrons. The topological polar surface area (TPSA) is 54.3 Å². The smallest absolute Gasteiger partial charge is 0.119 e. The molecule has 0 saturated carbocycles. The molecular formula is C10H20N2O2. The van der Waals surface area contributed by atoms with E-state index < -0.39 is 0 Å². The number of nitriles is 1. The van der Waals surface area contributed by atoms with Crippen LogP contribution in [0.25, 0.3) is 0 Å². The van der Waals surface area contributed by atoms with Crippen molar-refractivity contribution >= 4 is 0 Å². The van der Waals surface area contributed by atoms with E-state index in [0.717, 1.165) is 0 Å². The fraction of sp³-hybridized carbons (Fsp3) is 0.900. The molecule has 0 radical (unpaired) electrons. The van der Waals surface area contributed by atoms with Crippen molar-refractivity contribution < 1.29 is 9.47 Å². The molecule has 0 aromatic rings. The standard InChI is InChI=1S/C10H20N2O2/c1-10(2,3)14-6-5-13-8-9(7-11)12-4/h9,12H,5-6,8H2,1-4H3. The van der Waals surface area contributed by atoms with Gasteiger partial charge in [-0.15, -0.1) is 0 Å². The molecule has 0 rings (SSSR count). The Hall–Kier alpha value is -0.630. The van der Waals surface area contributed by atoms with Crippen LogP contribution < -0.4 is 5.32 Å². The number of hydrogen-bond acceptors (Lipinski definition) is 4. The second kappa shape index (κ2) is 6.77. The van der Waals surface area contributed by atoms with Crippen LogP contribution in [0.4, 0.5) is 0 Å². The average Bonchev–Trinajstić information content (AvgIpc) is 2.09. The van der Waals surface area contributed by atoms with Crippen molar-refractivity contribution in [2.45, 2.75) is 32.4 Å². The average molecular weight is 200 g/mol. The molecule has 14 heavy (non-hydrogen) atoms. The predicted octanol–water partition coefficient (Wildman–Crippen LogP) is 0.930. The lowest BCUT2D eigenvalue weighted by Crippen LogP contribution is -2.29. The Morgan fingerprint density at radius 3 is 2.43 bits per heavy atom. The van der Waals surface area contributed by atoms with Crippen molar-refractivity contribution in [2.75, 3.05) is 26.9 Å². The minimum atomic E-state index is -0.232. The Balaban J connectivity index is 3.35. The number of likely N-dealkylation sites (N-methyl/N-ethyl adjacent to an activating group) is 1. The molecule has 1 atom stereocenters. The van der Waals surface area contributed by atoms with Crippen LogP contribution in [0.1, 0.15) is 20.8 Å². The highest BCUT2D eigenvalue weighted by molar-refractivity contribution is 4.88. The number of rotatable bonds is 6. The van der Waals surface area contributed by atoms with E-state index in [4.69, 9.17) is 14.7 Å². The van der Waals surface area contributed by atoms with Gasteiger partial charge in [0.25, 0.3) is 0 Å². The second-order valence-corrected chi connectivity index (χ2v) is 4.01. The molecule has 0 saturated heterocycles. The summed E-state index contributed by atoms with van der Waals surface area (Å²) >= 11 is 0. The first-order valence-electron chi connectivity index (χ1n) is 4.78. The summed E-state index contributed by atoms with van der Waals surface area (Å²) in [5.74, 6) is 0. The van der Waals surface area contributed by atoms with Gasteiger partial charge in [0.15, 0.2) is 0 Å². The highest BCUT2D eigenvalue weighted by atomic mass is 16.5. The van der Waals surface area contributed by atoms with Gasteiger partial charge in [-0.1, -0.05) is 0 Å². The Kier molecular flexibility index (Phi) is 6.46. The summed E-state index contributed by atoms with van der Waals surface area (Å²) < 4.78 is 10.7. The Bertz CT molecular complexity index is 182. The first-order valence-corrected chi connectivity index (χ1v) is 4.78. The van der Waals surface area contributed by atoms with Gasteiger partial charge in [-0.3, -0.25) is 0 Å². The van der Waals surface area contributed by atoms with Gasteiger partial charge in [-0.25, -0.2) is 0 Å². The monoisotopic (exact) mass is 200 g/mol. The van der Waals surface area contributed by atoms with Crippen LogP contribution in [0.3, 0.4) is 0 Å². The molecule has 0 aliphatic heterocycles. The van der Waals surface area contributed by atoms with Gasteiger partial charge in [0.05, 0.1) is 31.5 Å². The number of ether oxygens (including phenoxy) is 2. The third-order valence-electron chi connectivity index (χ3n) is 1.55. The number of nitrogens with one attached hydrogen (secondary N) is 1. The zero-order valence-electron chi connectivity index (χ0n) is 9.46. The molecule has 0 heterocycles. The molecule has 0 spiro atoms. The lowest BCUT2D eigenvalue weighted by molar-refractivity contribution is -0.0357. The van der Waals surface area contributed by atoms with Gasteiger partial charge in [0, 0.05) is 0 Å². The largest absolute Gasteiger partial charge is 0.376 e. The van der Waals surface area contributed by atoms with Crippen LogP contribution >= 0.6 is 0 Å². The highest BCUT2D eigenvalue weighted by Gasteiger charge is 2.09. The molecule has 4 heteroatoms. The highest BCUT2D eigenvalue weighted by Crippen LogP contribution is 2.05. The zero-order chi connectivity index (χ0) is 11.0. The maximum atomic E-state index is 8.59. The van der Waals surface area contributed by atoms with Crippen molar-refractivity contribution in [3.05, 3.63) is 0 Å². The molecule has 0 bridgehead atoms. The molecule has 1 N–H and O–H groups in total. The number of nitrogens with zero attached hydrogens (tertiary/aromatic N) is 1. The van der Waals surface area contributed by atoms with Crippen LogP contribution in [0.15, 0.2) is 0 Å². The molecule has 1 unspecified atom stereocenters. The lowest BCUT2D eigenvalue weighted by atomic mass is 10.2. The van der Waals surface area contributed by atoms with Crippen molar-refractivity contribution in [3.8, 4) is 6.07 Å². The third kappa shape index (κ3) is 7.99. The predicted molar refractivity (Wildman–Crippen MR) is 55.0 cm³/mol. The first-order chi connectivity index (χ1) is 6.49. The van der Waals surface area contributed by atoms with Crippen molar-refractivity contribution in [1.82, 2.24) is 5.32 Å². The van der Waals surface area contributed by atoms with Crippen molar-refractivity contribution in [3.63, 3.8) is 0 Å². The fourth-order valence-electron chi connectivity index (χ4n) is 0.793. The number of hydrogen-bond donors (Lipinski definition) is 1. The van der Waals surface area contributed by atoms with Crippen LogP contribution in [0.5, 0.6) is 0 Å². The summed E-state index contributed by atoms with van der Waals surface area (Å²) in [5.41, 5.74) is -0.124. The van der Waals surface area contributed by atoms with Gasteiger partial charge < -0.3 is 14.8 Å². The quantitative estimate of drug-likeness (QED) is 0.648. The Morgan fingerprint density at radius 2 is 2.00 bits per heavy atom. The van der Waals surface area contributed by atoms with Crippen LogP contribution in [-0.4, -0.2) is 38.5 Å². The summed E-state index contributed by atoms with van der Waals surface area (Å²) in [7, 11) is 1.74. The van der Waals surface area contributed by atoms with Gasteiger partial charge in [0.2, 0.25) is 0 Å². The molecule has 0 aliphatic rings. The van der Waals surface area contributed by atoms with E-state index in [-0.39, 0.29) is 11.6 Å². The van der Waals surface area contributed by atoms with Crippen LogP contribution in [-0.2, 0) is 9.47 Å². The maximum absolute atomic E-state index is 8.59. The molecule has 0 aromatic heterocycles. The summed E-state index contributed by atoms with van der Waals surface area (Å²) in [6.07, 6.45) is 0. The van der Waals surface area contributed by atoms with E-state index >= 15 is 0 Å². The molecule has 0 aromatic carbocycles. The SMILES string of the molecule is CNC(C#N)COCCOC(C)(C)C. The van der Waals surface area contributed by atoms with Crippen molar-refractivity contribution in [2.24, 2.45) is 0 Å². The normalized spacial score (nSPS) is 13.6. The third-order valence-corrected chi connectivity index (χ3v) is 1.55. The summed E-state index contributed by atoms with van der Waals surface area (Å²) in [6, 6.07) is 1.85. The van der Waals surface area contributed by atoms with E-state index in [1.165, 1.54) is 0 Å². The summed E-state index contributed by atoms with van der Waals surface area (Å²) in [4.78, 5) is 0. The van der Waals surface area contributed by atoms with E-state index in [9.17, 15) is 0 Å². The summed E-state index contributed by atoms with van der Waals surface area (Å²) in [5, 5.41) is 11.4. The fourth-order valence-corrected chi connectivity index (χ4v) is 0.793. The van der Waals surface area contributed by atoms with Crippen LogP contribution in [0, 0.1) is 11.3 Å². The maximum Gasteiger partial charge on any atom is 0.119 e. The lowest BCUT2D eigenvalue weighted by Gasteiger charge is -2.19. The van der Waals surface area contributed by atoms with E-state index in [1.807, 2.05) is 20.8 Å². The minimum absolute atomic E-state index is 0.124. The molecular weight excluding hydrogens is 180 g/mol. The van der Waals surface area contributed by atoms with Gasteiger partial charge in [-0.2, -0.15) is 5.26 Å². The van der Waals surface area contributed by atoms with E-state index in [2.05, 4.69) is 11.4 Å². The first kappa shape index (κ1) is 13.4. The molecule has 4 nitrogen and oxygen atoms in total. The van der Waals surface area contributed by atoms with Crippen LogP contribution in [0.2, 0.25) is 0 Å². The van der Waals surface area contributed by atoms with Gasteiger partial charge in [-0.05, 0) is 27.8 Å². The molecule has 0 fully saturated rings. The van der Waals surface area contributed by atoms with Gasteiger partial charge in [0.1, 0.15) is 6.04 Å². The van der Waals surface area contributed by atoms with E-state index in [0.29, 0.717) is 19.8 Å². The minimum Gasteiger partial charge on any atom is -0.376 e. The Labute approximate surface area is 86.2 Å². The van der Waals surface area contributed by atoms with E-state index in [1.54, 1.807) is 7.05 Å². The molecule has 0 aliphatic carbocycles.